The van der Waals surface area contributed by atoms with E-state index in [0.29, 0.717) is 17.9 Å². The number of halogens is 2. The summed E-state index contributed by atoms with van der Waals surface area (Å²) in [5, 5.41) is 9.08. The molecule has 1 atom stereocenters. The van der Waals surface area contributed by atoms with Gasteiger partial charge in [0.2, 0.25) is 0 Å². The lowest BCUT2D eigenvalue weighted by Crippen LogP contribution is -2.28. The van der Waals surface area contributed by atoms with E-state index in [2.05, 4.69) is 0 Å². The Hall–Kier alpha value is -1.65. The van der Waals surface area contributed by atoms with Crippen molar-refractivity contribution in [3.05, 3.63) is 29.3 Å². The van der Waals surface area contributed by atoms with Crippen LogP contribution >= 0.6 is 0 Å². The molecule has 1 fully saturated rings. The second-order valence-corrected chi connectivity index (χ2v) is 4.50. The van der Waals surface area contributed by atoms with Gasteiger partial charge in [0, 0.05) is 6.42 Å². The molecule has 1 unspecified atom stereocenters. The minimum absolute atomic E-state index is 0.170. The number of ether oxygens (including phenoxy) is 1. The maximum absolute atomic E-state index is 13.4. The monoisotopic (exact) mass is 256 g/mol. The third-order valence-electron chi connectivity index (χ3n) is 3.32. The van der Waals surface area contributed by atoms with Gasteiger partial charge in [-0.15, -0.1) is 0 Å². The molecule has 1 aromatic carbocycles. The van der Waals surface area contributed by atoms with Crippen LogP contribution < -0.4 is 4.74 Å². The third kappa shape index (κ3) is 1.65. The van der Waals surface area contributed by atoms with Crippen LogP contribution in [-0.4, -0.2) is 23.6 Å². The third-order valence-corrected chi connectivity index (χ3v) is 3.32. The number of hydrogen-bond acceptors (Lipinski definition) is 2. The smallest absolute Gasteiger partial charge is 0.320 e. The van der Waals surface area contributed by atoms with Crippen LogP contribution in [0.2, 0.25) is 0 Å². The van der Waals surface area contributed by atoms with Gasteiger partial charge in [0.25, 0.3) is 5.92 Å². The lowest BCUT2D eigenvalue weighted by molar-refractivity contribution is -0.143. The zero-order valence-corrected chi connectivity index (χ0v) is 10.2. The number of rotatable bonds is 4. The number of aliphatic carboxylic acids is 1. The molecule has 0 spiro atoms. The topological polar surface area (TPSA) is 46.5 Å². The van der Waals surface area contributed by atoms with Crippen LogP contribution in [0.5, 0.6) is 5.75 Å². The van der Waals surface area contributed by atoms with Crippen molar-refractivity contribution < 1.29 is 23.4 Å². The predicted octanol–water partition coefficient (Wildman–Crippen LogP) is 2.76. The molecule has 3 nitrogen and oxygen atoms in total. The highest BCUT2D eigenvalue weighted by molar-refractivity contribution is 5.88. The van der Waals surface area contributed by atoms with Crippen LogP contribution in [0.15, 0.2) is 18.2 Å². The van der Waals surface area contributed by atoms with Crippen molar-refractivity contribution in [2.45, 2.75) is 31.6 Å². The van der Waals surface area contributed by atoms with Crippen molar-refractivity contribution in [3.63, 3.8) is 0 Å². The van der Waals surface area contributed by atoms with Gasteiger partial charge in [-0.1, -0.05) is 6.07 Å². The Bertz CT molecular complexity index is 499. The van der Waals surface area contributed by atoms with E-state index >= 15 is 0 Å². The Morgan fingerprint density at radius 1 is 1.50 bits per heavy atom. The van der Waals surface area contributed by atoms with Gasteiger partial charge >= 0.3 is 5.97 Å². The Balaban J connectivity index is 2.43. The quantitative estimate of drug-likeness (QED) is 0.901. The molecule has 1 N–H and O–H groups in total. The molecule has 1 aliphatic carbocycles. The summed E-state index contributed by atoms with van der Waals surface area (Å²) < 4.78 is 32.1. The first-order chi connectivity index (χ1) is 8.35. The molecule has 0 saturated heterocycles. The van der Waals surface area contributed by atoms with Crippen molar-refractivity contribution in [1.82, 2.24) is 0 Å². The number of carbonyl (C=O) groups is 1. The van der Waals surface area contributed by atoms with E-state index in [-0.39, 0.29) is 5.56 Å². The zero-order chi connectivity index (χ0) is 13.6. The molecular weight excluding hydrogens is 242 g/mol. The number of aryl methyl sites for hydroxylation is 1. The summed E-state index contributed by atoms with van der Waals surface area (Å²) in [5.74, 6) is -4.08. The fraction of sp³-hybridized carbons (Fsp3) is 0.462. The zero-order valence-electron chi connectivity index (χ0n) is 10.2. The van der Waals surface area contributed by atoms with E-state index < -0.39 is 23.7 Å². The fourth-order valence-electron chi connectivity index (χ4n) is 2.30. The van der Waals surface area contributed by atoms with Crippen molar-refractivity contribution in [2.75, 3.05) is 6.61 Å². The van der Waals surface area contributed by atoms with Gasteiger partial charge in [-0.05, 0) is 37.1 Å². The van der Waals surface area contributed by atoms with Crippen LogP contribution in [-0.2, 0) is 10.2 Å². The Labute approximate surface area is 103 Å². The first kappa shape index (κ1) is 12.8. The van der Waals surface area contributed by atoms with Gasteiger partial charge in [-0.2, -0.15) is 0 Å². The molecule has 1 aliphatic rings. The predicted molar refractivity (Wildman–Crippen MR) is 61.2 cm³/mol. The van der Waals surface area contributed by atoms with Crippen LogP contribution in [0.1, 0.15) is 24.5 Å². The van der Waals surface area contributed by atoms with Crippen LogP contribution in [0.3, 0.4) is 0 Å². The highest BCUT2D eigenvalue weighted by Gasteiger charge is 2.77. The van der Waals surface area contributed by atoms with Crippen molar-refractivity contribution in [3.8, 4) is 5.75 Å². The first-order valence-electron chi connectivity index (χ1n) is 5.70. The van der Waals surface area contributed by atoms with Crippen molar-refractivity contribution in [1.29, 1.82) is 0 Å². The van der Waals surface area contributed by atoms with E-state index in [1.807, 2.05) is 6.92 Å². The summed E-state index contributed by atoms with van der Waals surface area (Å²) in [5.41, 5.74) is -1.37. The van der Waals surface area contributed by atoms with E-state index in [1.54, 1.807) is 13.0 Å². The molecule has 0 radical (unpaired) electrons. The number of alkyl halides is 2. The van der Waals surface area contributed by atoms with Gasteiger partial charge in [-0.3, -0.25) is 4.79 Å². The summed E-state index contributed by atoms with van der Waals surface area (Å²) in [7, 11) is 0. The van der Waals surface area contributed by atoms with Gasteiger partial charge < -0.3 is 9.84 Å². The van der Waals surface area contributed by atoms with E-state index in [4.69, 9.17) is 9.84 Å². The fourth-order valence-corrected chi connectivity index (χ4v) is 2.30. The largest absolute Gasteiger partial charge is 0.494 e. The van der Waals surface area contributed by atoms with E-state index in [9.17, 15) is 13.6 Å². The summed E-state index contributed by atoms with van der Waals surface area (Å²) in [6.07, 6.45) is -0.635. The minimum atomic E-state index is -3.17. The summed E-state index contributed by atoms with van der Waals surface area (Å²) in [6.45, 7) is 3.91. The van der Waals surface area contributed by atoms with E-state index in [1.165, 1.54) is 12.1 Å². The Morgan fingerprint density at radius 3 is 2.50 bits per heavy atom. The van der Waals surface area contributed by atoms with Gasteiger partial charge in [0.15, 0.2) is 5.41 Å². The normalized spacial score (nSPS) is 24.7. The SMILES string of the molecule is CCOc1ccc(C2(C(=O)O)CC2(F)F)c(C)c1. The minimum Gasteiger partial charge on any atom is -0.494 e. The molecule has 1 aromatic rings. The van der Waals surface area contributed by atoms with E-state index in [0.717, 1.165) is 0 Å². The summed E-state index contributed by atoms with van der Waals surface area (Å²) in [4.78, 5) is 11.2. The summed E-state index contributed by atoms with van der Waals surface area (Å²) in [6, 6.07) is 4.55. The molecule has 18 heavy (non-hydrogen) atoms. The maximum atomic E-state index is 13.4. The Kier molecular flexibility index (Phi) is 2.80. The molecule has 0 bridgehead atoms. The molecule has 1 saturated carbocycles. The number of benzene rings is 1. The molecule has 0 amide bonds. The maximum Gasteiger partial charge on any atom is 0.320 e. The van der Waals surface area contributed by atoms with Crippen molar-refractivity contribution in [2.24, 2.45) is 0 Å². The average molecular weight is 256 g/mol. The molecule has 0 heterocycles. The van der Waals surface area contributed by atoms with Gasteiger partial charge in [0.1, 0.15) is 5.75 Å². The van der Waals surface area contributed by atoms with Crippen LogP contribution in [0, 0.1) is 6.92 Å². The van der Waals surface area contributed by atoms with Crippen molar-refractivity contribution >= 4 is 5.97 Å². The van der Waals surface area contributed by atoms with Crippen LogP contribution in [0.4, 0.5) is 8.78 Å². The molecule has 5 heteroatoms. The second-order valence-electron chi connectivity index (χ2n) is 4.50. The molecule has 0 aliphatic heterocycles. The van der Waals surface area contributed by atoms with Gasteiger partial charge in [0.05, 0.1) is 6.61 Å². The molecule has 98 valence electrons. The highest BCUT2D eigenvalue weighted by Crippen LogP contribution is 2.62. The summed E-state index contributed by atoms with van der Waals surface area (Å²) >= 11 is 0. The first-order valence-corrected chi connectivity index (χ1v) is 5.70. The average Bonchev–Trinajstić information content (AvgIpc) is 2.83. The lowest BCUT2D eigenvalue weighted by Gasteiger charge is -2.15. The highest BCUT2D eigenvalue weighted by atomic mass is 19.3. The second kappa shape index (κ2) is 3.93. The lowest BCUT2D eigenvalue weighted by atomic mass is 9.91. The molecule has 2 rings (SSSR count). The molecular formula is C13H14F2O3. The number of carboxylic acids is 1. The van der Waals surface area contributed by atoms with Crippen LogP contribution in [0.25, 0.3) is 0 Å². The number of hydrogen-bond donors (Lipinski definition) is 1. The molecule has 0 aromatic heterocycles. The standard InChI is InChI=1S/C13H14F2O3/c1-3-18-9-4-5-10(8(2)6-9)12(11(16)17)7-13(12,14)15/h4-6H,3,7H2,1-2H3,(H,16,17). The number of carboxylic acid groups (broad SMARTS) is 1. The Morgan fingerprint density at radius 2 is 2.11 bits per heavy atom. The van der Waals surface area contributed by atoms with Gasteiger partial charge in [-0.25, -0.2) is 8.78 Å².